The van der Waals surface area contributed by atoms with Crippen molar-refractivity contribution in [3.63, 3.8) is 0 Å². The number of carbonyl (C=O) groups is 1. The number of benzene rings is 2. The number of carbonyl (C=O) groups excluding carboxylic acids is 1. The van der Waals surface area contributed by atoms with Gasteiger partial charge in [-0.2, -0.15) is 15.1 Å². The minimum absolute atomic E-state index is 0.0301. The number of nitrogens with one attached hydrogen (secondary N) is 1. The second-order valence-electron chi connectivity index (χ2n) is 10.2. The van der Waals surface area contributed by atoms with Gasteiger partial charge in [0.25, 0.3) is 5.91 Å². The van der Waals surface area contributed by atoms with Gasteiger partial charge < -0.3 is 14.2 Å². The Bertz CT molecular complexity index is 1380. The molecule has 3 aliphatic rings. The predicted octanol–water partition coefficient (Wildman–Crippen LogP) is 7.13. The zero-order valence-corrected chi connectivity index (χ0v) is 24.5. The van der Waals surface area contributed by atoms with Gasteiger partial charge in [-0.05, 0) is 72.0 Å². The number of hydrogen-bond acceptors (Lipinski definition) is 7. The lowest BCUT2D eigenvalue weighted by Gasteiger charge is -2.22. The van der Waals surface area contributed by atoms with Crippen molar-refractivity contribution in [3.05, 3.63) is 58.1 Å². The van der Waals surface area contributed by atoms with E-state index in [4.69, 9.17) is 31.2 Å². The van der Waals surface area contributed by atoms with Gasteiger partial charge in [0.05, 0.1) is 17.7 Å². The molecule has 0 saturated heterocycles. The van der Waals surface area contributed by atoms with E-state index in [-0.39, 0.29) is 23.9 Å². The Balaban J connectivity index is 1.22. The number of methoxy groups -OCH3 is 1. The maximum atomic E-state index is 12.7. The molecule has 2 heterocycles. The van der Waals surface area contributed by atoms with Crippen LogP contribution < -0.4 is 14.2 Å². The van der Waals surface area contributed by atoms with Gasteiger partial charge in [0.15, 0.2) is 17.3 Å². The van der Waals surface area contributed by atoms with Gasteiger partial charge in [-0.15, -0.1) is 0 Å². The van der Waals surface area contributed by atoms with Crippen molar-refractivity contribution < 1.29 is 19.0 Å². The van der Waals surface area contributed by atoms with Crippen LogP contribution in [0.2, 0.25) is 5.02 Å². The highest BCUT2D eigenvalue weighted by atomic mass is 35.5. The third-order valence-corrected chi connectivity index (χ3v) is 8.57. The van der Waals surface area contributed by atoms with Gasteiger partial charge in [0.1, 0.15) is 24.0 Å². The number of aliphatic imine (C=N–C) groups is 1. The van der Waals surface area contributed by atoms with Crippen molar-refractivity contribution in [1.82, 2.24) is 5.01 Å². The van der Waals surface area contributed by atoms with Crippen molar-refractivity contribution in [2.45, 2.75) is 51.9 Å². The third-order valence-electron chi connectivity index (χ3n) is 7.08. The van der Waals surface area contributed by atoms with E-state index < -0.39 is 5.91 Å². The normalized spacial score (nSPS) is 18.6. The van der Waals surface area contributed by atoms with Gasteiger partial charge in [-0.3, -0.25) is 10.2 Å². The summed E-state index contributed by atoms with van der Waals surface area (Å²) in [5, 5.41) is 15.9. The van der Waals surface area contributed by atoms with Gasteiger partial charge in [-0.1, -0.05) is 56.8 Å². The lowest BCUT2D eigenvalue weighted by molar-refractivity contribution is -0.114. The number of amidine groups is 2. The van der Waals surface area contributed by atoms with E-state index in [9.17, 15) is 4.79 Å². The van der Waals surface area contributed by atoms with Gasteiger partial charge in [-0.25, -0.2) is 0 Å². The van der Waals surface area contributed by atoms with Crippen molar-refractivity contribution in [2.24, 2.45) is 16.0 Å². The Morgan fingerprint density at radius 2 is 1.85 bits per heavy atom. The largest absolute Gasteiger partial charge is 0.493 e. The molecule has 10 heteroatoms. The molecule has 0 unspecified atom stereocenters. The van der Waals surface area contributed by atoms with Gasteiger partial charge in [0, 0.05) is 5.92 Å². The molecule has 1 saturated carbocycles. The minimum atomic E-state index is -0.497. The van der Waals surface area contributed by atoms with Crippen molar-refractivity contribution >= 4 is 51.4 Å². The first-order valence-corrected chi connectivity index (χ1v) is 14.8. The summed E-state index contributed by atoms with van der Waals surface area (Å²) in [6.07, 6.45) is 8.08. The molecule has 2 aliphatic heterocycles. The Hall–Kier alpha value is -3.30. The topological polar surface area (TPSA) is 96.6 Å². The Morgan fingerprint density at radius 1 is 1.12 bits per heavy atom. The number of rotatable bonds is 9. The molecular weight excluding hydrogens is 548 g/mol. The highest BCUT2D eigenvalue weighted by Crippen LogP contribution is 2.38. The van der Waals surface area contributed by atoms with Gasteiger partial charge >= 0.3 is 0 Å². The van der Waals surface area contributed by atoms with Crippen LogP contribution in [0.4, 0.5) is 0 Å². The predicted molar refractivity (Wildman–Crippen MR) is 161 cm³/mol. The minimum Gasteiger partial charge on any atom is -0.493 e. The summed E-state index contributed by atoms with van der Waals surface area (Å²) >= 11 is 7.87. The van der Waals surface area contributed by atoms with Crippen molar-refractivity contribution in [3.8, 4) is 17.2 Å². The summed E-state index contributed by atoms with van der Waals surface area (Å²) < 4.78 is 17.3. The van der Waals surface area contributed by atoms with Crippen LogP contribution in [-0.2, 0) is 4.79 Å². The van der Waals surface area contributed by atoms with Crippen molar-refractivity contribution in [1.29, 1.82) is 5.41 Å². The summed E-state index contributed by atoms with van der Waals surface area (Å²) in [4.78, 5) is 16.9. The molecule has 40 heavy (non-hydrogen) atoms. The van der Waals surface area contributed by atoms with E-state index in [1.54, 1.807) is 18.2 Å². The number of hydrazone groups is 1. The number of hydrogen-bond donors (Lipinski definition) is 1. The summed E-state index contributed by atoms with van der Waals surface area (Å²) in [5.41, 5.74) is 2.09. The standard InChI is InChI=1S/C30H33ClN4O4S/c1-18(2)29-34-35-27(32)23(28(36)33-30(35)40-29)15-19-16-24(31)26(25(17-19)37-3)39-14-13-38-22-11-9-21(10-12-22)20-7-5-4-6-8-20/h9-12,15-18,20,32H,4-8,13-14H2,1-3H3/b23-15-,32-27?. The van der Waals surface area contributed by atoms with Crippen LogP contribution in [0.5, 0.6) is 17.2 Å². The van der Waals surface area contributed by atoms with Crippen LogP contribution in [0.3, 0.4) is 0 Å². The highest BCUT2D eigenvalue weighted by molar-refractivity contribution is 8.27. The first-order chi connectivity index (χ1) is 19.3. The van der Waals surface area contributed by atoms with Crippen LogP contribution in [-0.4, -0.2) is 47.3 Å². The molecule has 0 aromatic heterocycles. The molecule has 1 N–H and O–H groups in total. The molecule has 1 aliphatic carbocycles. The van der Waals surface area contributed by atoms with E-state index in [2.05, 4.69) is 22.2 Å². The molecule has 5 rings (SSSR count). The molecule has 8 nitrogen and oxygen atoms in total. The lowest BCUT2D eigenvalue weighted by atomic mass is 9.84. The molecular formula is C30H33ClN4O4S. The van der Waals surface area contributed by atoms with Crippen LogP contribution in [0, 0.1) is 11.3 Å². The van der Waals surface area contributed by atoms with Crippen molar-refractivity contribution in [2.75, 3.05) is 20.3 Å². The second-order valence-corrected chi connectivity index (χ2v) is 11.6. The Kier molecular flexibility index (Phi) is 8.81. The molecule has 0 spiro atoms. The van der Waals surface area contributed by atoms with E-state index in [1.807, 2.05) is 26.0 Å². The second kappa shape index (κ2) is 12.5. The zero-order chi connectivity index (χ0) is 28.2. The molecule has 210 valence electrons. The maximum absolute atomic E-state index is 12.7. The number of fused-ring (bicyclic) bond motifs is 1. The summed E-state index contributed by atoms with van der Waals surface area (Å²) in [6.45, 7) is 4.62. The summed E-state index contributed by atoms with van der Waals surface area (Å²) in [6, 6.07) is 11.7. The fraction of sp³-hybridized carbons (Fsp3) is 0.400. The maximum Gasteiger partial charge on any atom is 0.283 e. The van der Waals surface area contributed by atoms with Crippen LogP contribution in [0.25, 0.3) is 6.08 Å². The van der Waals surface area contributed by atoms with E-state index in [1.165, 1.54) is 61.5 Å². The molecule has 1 amide bonds. The first-order valence-electron chi connectivity index (χ1n) is 13.6. The van der Waals surface area contributed by atoms with E-state index in [0.29, 0.717) is 39.8 Å². The molecule has 0 atom stereocenters. The molecule has 2 aromatic carbocycles. The Morgan fingerprint density at radius 3 is 2.55 bits per heavy atom. The quantitative estimate of drug-likeness (QED) is 0.250. The SMILES string of the molecule is COc1cc(/C=C2/C(=N)N3N=C(C(C)C)SC3=NC2=O)cc(Cl)c1OCCOc1ccc(C2CCCCC2)cc1. The Labute approximate surface area is 243 Å². The fourth-order valence-corrected chi connectivity index (χ4v) is 6.11. The fourth-order valence-electron chi connectivity index (χ4n) is 4.95. The number of halogens is 1. The number of ether oxygens (including phenoxy) is 3. The molecule has 2 aromatic rings. The summed E-state index contributed by atoms with van der Waals surface area (Å²) in [7, 11) is 1.52. The average Bonchev–Trinajstić information content (AvgIpc) is 3.39. The zero-order valence-electron chi connectivity index (χ0n) is 22.9. The number of amides is 1. The van der Waals surface area contributed by atoms with E-state index >= 15 is 0 Å². The van der Waals surface area contributed by atoms with Crippen LogP contribution >= 0.6 is 23.4 Å². The monoisotopic (exact) mass is 580 g/mol. The summed E-state index contributed by atoms with van der Waals surface area (Å²) in [5.74, 6) is 1.90. The molecule has 0 radical (unpaired) electrons. The van der Waals surface area contributed by atoms with Crippen LogP contribution in [0.1, 0.15) is 63.0 Å². The number of thioether (sulfide) groups is 1. The smallest absolute Gasteiger partial charge is 0.283 e. The third kappa shape index (κ3) is 6.20. The molecule has 1 fully saturated rings. The van der Waals surface area contributed by atoms with Gasteiger partial charge in [0.2, 0.25) is 5.17 Å². The lowest BCUT2D eigenvalue weighted by Crippen LogP contribution is -2.35. The van der Waals surface area contributed by atoms with E-state index in [0.717, 1.165) is 10.8 Å². The molecule has 0 bridgehead atoms. The number of nitrogens with zero attached hydrogens (tertiary/aromatic N) is 3. The van der Waals surface area contributed by atoms with Crippen LogP contribution in [0.15, 0.2) is 52.1 Å². The average molecular weight is 581 g/mol. The first kappa shape index (κ1) is 28.2. The highest BCUT2D eigenvalue weighted by Gasteiger charge is 2.36.